The smallest absolute Gasteiger partial charge is 0.242 e. The molecule has 7 nitrogen and oxygen atoms in total. The van der Waals surface area contributed by atoms with Crippen molar-refractivity contribution >= 4 is 27.5 Å². The van der Waals surface area contributed by atoms with Crippen molar-refractivity contribution in [2.75, 3.05) is 26.0 Å². The van der Waals surface area contributed by atoms with Gasteiger partial charge in [-0.3, -0.25) is 9.59 Å². The molecule has 8 heteroatoms. The number of anilines is 1. The van der Waals surface area contributed by atoms with Gasteiger partial charge in [-0.05, 0) is 35.7 Å². The average molecular weight is 416 g/mol. The van der Waals surface area contributed by atoms with Gasteiger partial charge >= 0.3 is 0 Å². The van der Waals surface area contributed by atoms with E-state index in [0.717, 1.165) is 21.9 Å². The number of benzene rings is 2. The SMILES string of the molecule is CC(=O)N1CCc2ccccc2C1CC(=O)Nc1cccc(S(=O)(=O)N(C)C)c1. The van der Waals surface area contributed by atoms with Crippen molar-refractivity contribution in [1.29, 1.82) is 0 Å². The van der Waals surface area contributed by atoms with Crippen LogP contribution >= 0.6 is 0 Å². The lowest BCUT2D eigenvalue weighted by atomic mass is 9.90. The highest BCUT2D eigenvalue weighted by Gasteiger charge is 2.30. The highest BCUT2D eigenvalue weighted by molar-refractivity contribution is 7.89. The summed E-state index contributed by atoms with van der Waals surface area (Å²) in [5, 5.41) is 2.77. The molecule has 0 bridgehead atoms. The predicted molar refractivity (Wildman–Crippen MR) is 111 cm³/mol. The maximum atomic E-state index is 12.7. The first-order valence-electron chi connectivity index (χ1n) is 9.37. The summed E-state index contributed by atoms with van der Waals surface area (Å²) in [6, 6.07) is 13.6. The Bertz CT molecular complexity index is 1030. The number of hydrogen-bond donors (Lipinski definition) is 1. The lowest BCUT2D eigenvalue weighted by Crippen LogP contribution is -2.40. The van der Waals surface area contributed by atoms with Crippen LogP contribution in [0.2, 0.25) is 0 Å². The Labute approximate surface area is 171 Å². The zero-order valence-corrected chi connectivity index (χ0v) is 17.6. The zero-order valence-electron chi connectivity index (χ0n) is 16.8. The molecule has 0 aromatic heterocycles. The molecule has 0 saturated carbocycles. The Morgan fingerprint density at radius 1 is 1.14 bits per heavy atom. The number of carbonyl (C=O) groups is 2. The highest BCUT2D eigenvalue weighted by Crippen LogP contribution is 2.32. The molecule has 29 heavy (non-hydrogen) atoms. The van der Waals surface area contributed by atoms with Gasteiger partial charge < -0.3 is 10.2 Å². The minimum Gasteiger partial charge on any atom is -0.335 e. The van der Waals surface area contributed by atoms with Crippen molar-refractivity contribution in [3.63, 3.8) is 0 Å². The molecule has 1 N–H and O–H groups in total. The number of carbonyl (C=O) groups excluding carboxylic acids is 2. The Morgan fingerprint density at radius 2 is 1.86 bits per heavy atom. The molecule has 2 aromatic carbocycles. The summed E-state index contributed by atoms with van der Waals surface area (Å²) in [5.74, 6) is -0.353. The first-order chi connectivity index (χ1) is 13.7. The Hall–Kier alpha value is -2.71. The summed E-state index contributed by atoms with van der Waals surface area (Å²) in [7, 11) is -0.682. The second kappa shape index (κ2) is 8.34. The molecule has 1 heterocycles. The van der Waals surface area contributed by atoms with E-state index < -0.39 is 10.0 Å². The maximum Gasteiger partial charge on any atom is 0.242 e. The molecule has 0 aliphatic carbocycles. The van der Waals surface area contributed by atoms with E-state index in [1.165, 1.54) is 33.2 Å². The monoisotopic (exact) mass is 415 g/mol. The number of amides is 2. The highest BCUT2D eigenvalue weighted by atomic mass is 32.2. The fraction of sp³-hybridized carbons (Fsp3) is 0.333. The Balaban J connectivity index is 1.81. The number of nitrogens with one attached hydrogen (secondary N) is 1. The van der Waals surface area contributed by atoms with E-state index in [4.69, 9.17) is 0 Å². The van der Waals surface area contributed by atoms with Crippen LogP contribution < -0.4 is 5.32 Å². The zero-order chi connectivity index (χ0) is 21.2. The molecule has 0 fully saturated rings. The number of hydrogen-bond acceptors (Lipinski definition) is 4. The Morgan fingerprint density at radius 3 is 2.55 bits per heavy atom. The molecule has 0 radical (unpaired) electrons. The molecule has 2 amide bonds. The standard InChI is InChI=1S/C21H25N3O4S/c1-15(25)24-12-11-16-7-4-5-10-19(16)20(24)14-21(26)22-17-8-6-9-18(13-17)29(27,28)23(2)3/h4-10,13,20H,11-12,14H2,1-3H3,(H,22,26). The molecular formula is C21H25N3O4S. The van der Waals surface area contributed by atoms with Crippen LogP contribution in [0.1, 0.15) is 30.5 Å². The van der Waals surface area contributed by atoms with Gasteiger partial charge in [0.15, 0.2) is 0 Å². The van der Waals surface area contributed by atoms with E-state index in [1.54, 1.807) is 17.0 Å². The van der Waals surface area contributed by atoms with E-state index >= 15 is 0 Å². The average Bonchev–Trinajstić information content (AvgIpc) is 2.68. The Kier molecular flexibility index (Phi) is 6.04. The van der Waals surface area contributed by atoms with Gasteiger partial charge in [0, 0.05) is 33.3 Å². The van der Waals surface area contributed by atoms with E-state index in [-0.39, 0.29) is 29.2 Å². The first-order valence-corrected chi connectivity index (χ1v) is 10.8. The minimum absolute atomic E-state index is 0.0728. The van der Waals surface area contributed by atoms with Crippen LogP contribution in [0, 0.1) is 0 Å². The largest absolute Gasteiger partial charge is 0.335 e. The van der Waals surface area contributed by atoms with Gasteiger partial charge in [0.25, 0.3) is 0 Å². The van der Waals surface area contributed by atoms with Crippen LogP contribution in [0.15, 0.2) is 53.4 Å². The fourth-order valence-electron chi connectivity index (χ4n) is 3.58. The van der Waals surface area contributed by atoms with E-state index in [9.17, 15) is 18.0 Å². The predicted octanol–water partition coefficient (Wildman–Crippen LogP) is 2.41. The van der Waals surface area contributed by atoms with Gasteiger partial charge in [-0.1, -0.05) is 30.3 Å². The summed E-state index contributed by atoms with van der Waals surface area (Å²) in [5.41, 5.74) is 2.52. The summed E-state index contributed by atoms with van der Waals surface area (Å²) in [4.78, 5) is 26.7. The summed E-state index contributed by atoms with van der Waals surface area (Å²) in [6.45, 7) is 2.08. The van der Waals surface area contributed by atoms with Crippen LogP contribution in [-0.2, 0) is 26.0 Å². The molecule has 1 aliphatic rings. The molecule has 1 unspecified atom stereocenters. The van der Waals surface area contributed by atoms with E-state index in [2.05, 4.69) is 5.32 Å². The molecular weight excluding hydrogens is 390 g/mol. The van der Waals surface area contributed by atoms with Crippen LogP contribution in [0.4, 0.5) is 5.69 Å². The minimum atomic E-state index is -3.59. The quantitative estimate of drug-likeness (QED) is 0.813. The van der Waals surface area contributed by atoms with Gasteiger partial charge in [-0.2, -0.15) is 0 Å². The van der Waals surface area contributed by atoms with Crippen LogP contribution in [0.5, 0.6) is 0 Å². The first kappa shape index (κ1) is 21.0. The van der Waals surface area contributed by atoms with Crippen LogP contribution in [0.3, 0.4) is 0 Å². The molecule has 154 valence electrons. The lowest BCUT2D eigenvalue weighted by Gasteiger charge is -2.36. The molecule has 1 aliphatic heterocycles. The third-order valence-corrected chi connectivity index (χ3v) is 6.90. The lowest BCUT2D eigenvalue weighted by molar-refractivity contribution is -0.132. The van der Waals surface area contributed by atoms with Crippen molar-refractivity contribution in [2.24, 2.45) is 0 Å². The number of fused-ring (bicyclic) bond motifs is 1. The van der Waals surface area contributed by atoms with Gasteiger partial charge in [-0.25, -0.2) is 12.7 Å². The van der Waals surface area contributed by atoms with Gasteiger partial charge in [-0.15, -0.1) is 0 Å². The molecule has 1 atom stereocenters. The van der Waals surface area contributed by atoms with E-state index in [1.807, 2.05) is 24.3 Å². The maximum absolute atomic E-state index is 12.7. The molecule has 0 saturated heterocycles. The van der Waals surface area contributed by atoms with E-state index in [0.29, 0.717) is 12.2 Å². The third-order valence-electron chi connectivity index (χ3n) is 5.09. The van der Waals surface area contributed by atoms with Crippen LogP contribution in [0.25, 0.3) is 0 Å². The second-order valence-corrected chi connectivity index (χ2v) is 9.40. The fourth-order valence-corrected chi connectivity index (χ4v) is 4.53. The molecule has 0 spiro atoms. The third kappa shape index (κ3) is 4.49. The molecule has 2 aromatic rings. The normalized spacial score (nSPS) is 16.4. The number of nitrogens with zero attached hydrogens (tertiary/aromatic N) is 2. The van der Waals surface area contributed by atoms with Crippen molar-refractivity contribution in [2.45, 2.75) is 30.7 Å². The van der Waals surface area contributed by atoms with Gasteiger partial charge in [0.1, 0.15) is 0 Å². The van der Waals surface area contributed by atoms with Crippen molar-refractivity contribution in [3.8, 4) is 0 Å². The number of sulfonamides is 1. The number of rotatable bonds is 5. The van der Waals surface area contributed by atoms with Gasteiger partial charge in [0.2, 0.25) is 21.8 Å². The second-order valence-electron chi connectivity index (χ2n) is 7.24. The molecule has 3 rings (SSSR count). The van der Waals surface area contributed by atoms with Crippen LogP contribution in [-0.4, -0.2) is 50.1 Å². The summed E-state index contributed by atoms with van der Waals surface area (Å²) in [6.07, 6.45) is 0.861. The van der Waals surface area contributed by atoms with Crippen molar-refractivity contribution in [1.82, 2.24) is 9.21 Å². The van der Waals surface area contributed by atoms with Gasteiger partial charge in [0.05, 0.1) is 17.4 Å². The summed E-state index contributed by atoms with van der Waals surface area (Å²) < 4.78 is 25.7. The van der Waals surface area contributed by atoms with Crippen molar-refractivity contribution < 1.29 is 18.0 Å². The van der Waals surface area contributed by atoms with Crippen molar-refractivity contribution in [3.05, 3.63) is 59.7 Å². The topological polar surface area (TPSA) is 86.8 Å². The summed E-state index contributed by atoms with van der Waals surface area (Å²) >= 11 is 0.